The van der Waals surface area contributed by atoms with Gasteiger partial charge in [0, 0.05) is 44.8 Å². The molecular weight excluding hydrogens is 314 g/mol. The third-order valence-electron chi connectivity index (χ3n) is 5.86. The number of ether oxygens (including phenoxy) is 1. The van der Waals surface area contributed by atoms with E-state index in [0.717, 1.165) is 64.5 Å². The number of aliphatic imine (C=N–C) groups is 1. The van der Waals surface area contributed by atoms with Crippen molar-refractivity contribution in [1.29, 1.82) is 0 Å². The number of morpholine rings is 1. The minimum atomic E-state index is 0.516. The fourth-order valence-electron chi connectivity index (χ4n) is 4.32. The van der Waals surface area contributed by atoms with Crippen molar-refractivity contribution in [3.05, 3.63) is 0 Å². The normalized spacial score (nSPS) is 30.0. The lowest BCUT2D eigenvalue weighted by atomic mass is 10.1. The Morgan fingerprint density at radius 2 is 2.00 bits per heavy atom. The summed E-state index contributed by atoms with van der Waals surface area (Å²) in [7, 11) is 0. The lowest BCUT2D eigenvalue weighted by Crippen LogP contribution is -2.46. The fourth-order valence-corrected chi connectivity index (χ4v) is 4.32. The van der Waals surface area contributed by atoms with Crippen LogP contribution in [0.1, 0.15) is 39.5 Å². The molecule has 0 saturated carbocycles. The zero-order valence-corrected chi connectivity index (χ0v) is 16.3. The van der Waals surface area contributed by atoms with Crippen LogP contribution >= 0.6 is 0 Å². The molecule has 0 radical (unpaired) electrons. The number of nitrogens with one attached hydrogen (secondary N) is 1. The molecule has 0 amide bonds. The average Bonchev–Trinajstić information content (AvgIpc) is 3.13. The van der Waals surface area contributed by atoms with Gasteiger partial charge in [0.25, 0.3) is 0 Å². The molecule has 6 heteroatoms. The van der Waals surface area contributed by atoms with Crippen molar-refractivity contribution in [2.45, 2.75) is 51.6 Å². The summed E-state index contributed by atoms with van der Waals surface area (Å²) >= 11 is 0. The third-order valence-corrected chi connectivity index (χ3v) is 5.86. The number of likely N-dealkylation sites (tertiary alicyclic amines) is 2. The second kappa shape index (κ2) is 9.74. The lowest BCUT2D eigenvalue weighted by molar-refractivity contribution is 0.00139. The molecule has 3 heterocycles. The summed E-state index contributed by atoms with van der Waals surface area (Å²) in [5.41, 5.74) is 0. The molecule has 3 fully saturated rings. The minimum absolute atomic E-state index is 0.516. The van der Waals surface area contributed by atoms with E-state index in [0.29, 0.717) is 6.04 Å². The first-order chi connectivity index (χ1) is 12.3. The van der Waals surface area contributed by atoms with Crippen LogP contribution in [0.25, 0.3) is 0 Å². The smallest absolute Gasteiger partial charge is 0.194 e. The summed E-state index contributed by atoms with van der Waals surface area (Å²) in [5, 5.41) is 3.51. The second-order valence-corrected chi connectivity index (χ2v) is 7.68. The van der Waals surface area contributed by atoms with Gasteiger partial charge in [-0.3, -0.25) is 14.8 Å². The molecule has 3 aliphatic heterocycles. The standard InChI is InChI=1S/C19H37N5O/c1-3-20-19(21-8-12-22-13-14-25-16-17(22)2)24-11-7-18(15-24)23-9-5-4-6-10-23/h17-18H,3-16H2,1-2H3,(H,20,21). The van der Waals surface area contributed by atoms with Gasteiger partial charge in [-0.15, -0.1) is 0 Å². The van der Waals surface area contributed by atoms with Gasteiger partial charge in [-0.25, -0.2) is 0 Å². The number of piperidine rings is 1. The van der Waals surface area contributed by atoms with Crippen molar-refractivity contribution in [3.8, 4) is 0 Å². The van der Waals surface area contributed by atoms with Gasteiger partial charge >= 0.3 is 0 Å². The maximum atomic E-state index is 5.53. The van der Waals surface area contributed by atoms with Crippen LogP contribution in [0, 0.1) is 0 Å². The highest BCUT2D eigenvalue weighted by atomic mass is 16.5. The van der Waals surface area contributed by atoms with E-state index in [1.807, 2.05) is 0 Å². The molecule has 0 aliphatic carbocycles. The van der Waals surface area contributed by atoms with Crippen LogP contribution < -0.4 is 5.32 Å². The van der Waals surface area contributed by atoms with Gasteiger partial charge in [0.1, 0.15) is 0 Å². The number of rotatable bonds is 5. The Balaban J connectivity index is 1.49. The number of guanidine groups is 1. The molecule has 3 aliphatic rings. The van der Waals surface area contributed by atoms with Crippen molar-refractivity contribution in [2.24, 2.45) is 4.99 Å². The van der Waals surface area contributed by atoms with Crippen LogP contribution in [0.15, 0.2) is 4.99 Å². The Hall–Kier alpha value is -0.850. The highest BCUT2D eigenvalue weighted by molar-refractivity contribution is 5.80. The van der Waals surface area contributed by atoms with E-state index in [4.69, 9.17) is 9.73 Å². The summed E-state index contributed by atoms with van der Waals surface area (Å²) in [6.07, 6.45) is 5.45. The van der Waals surface area contributed by atoms with Gasteiger partial charge in [-0.05, 0) is 46.2 Å². The van der Waals surface area contributed by atoms with Crippen molar-refractivity contribution in [2.75, 3.05) is 65.6 Å². The van der Waals surface area contributed by atoms with Crippen LogP contribution in [0.2, 0.25) is 0 Å². The molecule has 0 spiro atoms. The van der Waals surface area contributed by atoms with Gasteiger partial charge in [0.15, 0.2) is 5.96 Å². The number of hydrogen-bond acceptors (Lipinski definition) is 4. The largest absolute Gasteiger partial charge is 0.379 e. The first-order valence-corrected chi connectivity index (χ1v) is 10.4. The molecule has 6 nitrogen and oxygen atoms in total. The fraction of sp³-hybridized carbons (Fsp3) is 0.947. The zero-order valence-electron chi connectivity index (χ0n) is 16.3. The van der Waals surface area contributed by atoms with Crippen LogP contribution in [0.4, 0.5) is 0 Å². The number of hydrogen-bond donors (Lipinski definition) is 1. The van der Waals surface area contributed by atoms with Gasteiger partial charge in [-0.1, -0.05) is 6.42 Å². The van der Waals surface area contributed by atoms with Gasteiger partial charge in [-0.2, -0.15) is 0 Å². The molecule has 0 aromatic rings. The van der Waals surface area contributed by atoms with Crippen LogP contribution in [0.5, 0.6) is 0 Å². The summed E-state index contributed by atoms with van der Waals surface area (Å²) in [5.74, 6) is 1.11. The summed E-state index contributed by atoms with van der Waals surface area (Å²) in [6, 6.07) is 1.24. The Morgan fingerprint density at radius 1 is 1.16 bits per heavy atom. The van der Waals surface area contributed by atoms with E-state index in [-0.39, 0.29) is 0 Å². The first kappa shape index (κ1) is 18.9. The maximum absolute atomic E-state index is 5.53. The summed E-state index contributed by atoms with van der Waals surface area (Å²) in [6.45, 7) is 14.9. The number of nitrogens with zero attached hydrogens (tertiary/aromatic N) is 4. The summed E-state index contributed by atoms with van der Waals surface area (Å²) < 4.78 is 5.53. The van der Waals surface area contributed by atoms with Crippen molar-refractivity contribution in [3.63, 3.8) is 0 Å². The zero-order chi connectivity index (χ0) is 17.5. The molecule has 25 heavy (non-hydrogen) atoms. The lowest BCUT2D eigenvalue weighted by Gasteiger charge is -2.33. The molecule has 144 valence electrons. The van der Waals surface area contributed by atoms with E-state index in [1.54, 1.807) is 0 Å². The summed E-state index contributed by atoms with van der Waals surface area (Å²) in [4.78, 5) is 12.6. The Labute approximate surface area is 153 Å². The van der Waals surface area contributed by atoms with Crippen molar-refractivity contribution >= 4 is 5.96 Å². The molecule has 1 N–H and O–H groups in total. The predicted molar refractivity (Wildman–Crippen MR) is 103 cm³/mol. The predicted octanol–water partition coefficient (Wildman–Crippen LogP) is 1.23. The highest BCUT2D eigenvalue weighted by Gasteiger charge is 2.30. The van der Waals surface area contributed by atoms with Crippen LogP contribution in [-0.4, -0.2) is 98.3 Å². The second-order valence-electron chi connectivity index (χ2n) is 7.68. The van der Waals surface area contributed by atoms with Crippen molar-refractivity contribution < 1.29 is 4.74 Å². The van der Waals surface area contributed by atoms with Gasteiger partial charge in [0.05, 0.1) is 19.8 Å². The van der Waals surface area contributed by atoms with E-state index in [9.17, 15) is 0 Å². The molecule has 0 bridgehead atoms. The monoisotopic (exact) mass is 351 g/mol. The molecule has 0 aromatic heterocycles. The van der Waals surface area contributed by atoms with Gasteiger partial charge in [0.2, 0.25) is 0 Å². The van der Waals surface area contributed by atoms with E-state index >= 15 is 0 Å². The van der Waals surface area contributed by atoms with E-state index < -0.39 is 0 Å². The van der Waals surface area contributed by atoms with E-state index in [2.05, 4.69) is 33.9 Å². The van der Waals surface area contributed by atoms with E-state index in [1.165, 1.54) is 38.8 Å². The topological polar surface area (TPSA) is 43.3 Å². The van der Waals surface area contributed by atoms with Crippen molar-refractivity contribution in [1.82, 2.24) is 20.0 Å². The van der Waals surface area contributed by atoms with Crippen LogP contribution in [-0.2, 0) is 4.74 Å². The molecule has 3 saturated heterocycles. The SMILES string of the molecule is CCNC(=NCCN1CCOCC1C)N1CCC(N2CCCCC2)C1. The Morgan fingerprint density at radius 3 is 2.76 bits per heavy atom. The Bertz CT molecular complexity index is 424. The molecule has 0 aromatic carbocycles. The minimum Gasteiger partial charge on any atom is -0.379 e. The quantitative estimate of drug-likeness (QED) is 0.596. The highest BCUT2D eigenvalue weighted by Crippen LogP contribution is 2.20. The average molecular weight is 352 g/mol. The molecular formula is C19H37N5O. The third kappa shape index (κ3) is 5.31. The Kier molecular flexibility index (Phi) is 7.37. The molecule has 2 unspecified atom stereocenters. The molecule has 2 atom stereocenters. The molecule has 3 rings (SSSR count). The van der Waals surface area contributed by atoms with Crippen LogP contribution in [0.3, 0.4) is 0 Å². The first-order valence-electron chi connectivity index (χ1n) is 10.4. The maximum Gasteiger partial charge on any atom is 0.194 e. The van der Waals surface area contributed by atoms with Gasteiger partial charge < -0.3 is 15.0 Å².